The Kier molecular flexibility index (Phi) is 3.65. The molecule has 0 amide bonds. The SMILES string of the molecule is COC(C)(C)c1nnc(CCl)n1C(C)(C)C. The molecule has 1 aromatic heterocycles. The summed E-state index contributed by atoms with van der Waals surface area (Å²) in [5, 5.41) is 8.32. The van der Waals surface area contributed by atoms with Crippen LogP contribution in [0.25, 0.3) is 0 Å². The van der Waals surface area contributed by atoms with Crippen LogP contribution >= 0.6 is 11.6 Å². The van der Waals surface area contributed by atoms with Crippen LogP contribution in [0.1, 0.15) is 46.3 Å². The molecule has 5 heteroatoms. The Morgan fingerprint density at radius 1 is 1.19 bits per heavy atom. The third kappa shape index (κ3) is 2.38. The third-order valence-electron chi connectivity index (χ3n) is 2.57. The molecule has 0 atom stereocenters. The van der Waals surface area contributed by atoms with Crippen molar-refractivity contribution in [3.8, 4) is 0 Å². The highest BCUT2D eigenvalue weighted by Gasteiger charge is 2.32. The lowest BCUT2D eigenvalue weighted by atomic mass is 10.0. The van der Waals surface area contributed by atoms with E-state index in [0.717, 1.165) is 11.6 Å². The molecule has 0 saturated carbocycles. The van der Waals surface area contributed by atoms with Gasteiger partial charge in [-0.2, -0.15) is 0 Å². The van der Waals surface area contributed by atoms with Gasteiger partial charge in [0, 0.05) is 12.6 Å². The molecule has 1 aromatic rings. The van der Waals surface area contributed by atoms with Gasteiger partial charge in [0.2, 0.25) is 0 Å². The van der Waals surface area contributed by atoms with Gasteiger partial charge in [-0.3, -0.25) is 0 Å². The molecule has 0 spiro atoms. The average Bonchev–Trinajstić information content (AvgIpc) is 2.61. The summed E-state index contributed by atoms with van der Waals surface area (Å²) >= 11 is 5.88. The molecule has 0 unspecified atom stereocenters. The summed E-state index contributed by atoms with van der Waals surface area (Å²) in [5.74, 6) is 1.93. The highest BCUT2D eigenvalue weighted by atomic mass is 35.5. The number of methoxy groups -OCH3 is 1. The maximum Gasteiger partial charge on any atom is 0.165 e. The molecule has 0 aliphatic rings. The number of nitrogens with zero attached hydrogens (tertiary/aromatic N) is 3. The molecule has 0 fully saturated rings. The van der Waals surface area contributed by atoms with E-state index in [0.29, 0.717) is 5.88 Å². The van der Waals surface area contributed by atoms with Crippen molar-refractivity contribution in [2.75, 3.05) is 7.11 Å². The minimum atomic E-state index is -0.468. The van der Waals surface area contributed by atoms with E-state index in [-0.39, 0.29) is 5.54 Å². The van der Waals surface area contributed by atoms with E-state index in [1.54, 1.807) is 7.11 Å². The summed E-state index contributed by atoms with van der Waals surface area (Å²) in [6.07, 6.45) is 0. The number of ether oxygens (including phenoxy) is 1. The first kappa shape index (κ1) is 13.5. The normalized spacial score (nSPS) is 13.2. The van der Waals surface area contributed by atoms with Crippen molar-refractivity contribution in [2.45, 2.75) is 51.6 Å². The zero-order chi connectivity index (χ0) is 12.6. The second-order valence-corrected chi connectivity index (χ2v) is 5.56. The minimum Gasteiger partial charge on any atom is -0.371 e. The van der Waals surface area contributed by atoms with Gasteiger partial charge in [-0.05, 0) is 34.6 Å². The second kappa shape index (κ2) is 4.34. The molecule has 1 rings (SSSR count). The molecule has 92 valence electrons. The van der Waals surface area contributed by atoms with Gasteiger partial charge in [-0.1, -0.05) is 0 Å². The van der Waals surface area contributed by atoms with Crippen molar-refractivity contribution in [1.29, 1.82) is 0 Å². The van der Waals surface area contributed by atoms with Crippen LogP contribution in [-0.2, 0) is 21.8 Å². The molecule has 0 N–H and O–H groups in total. The fourth-order valence-corrected chi connectivity index (χ4v) is 1.76. The second-order valence-electron chi connectivity index (χ2n) is 5.29. The van der Waals surface area contributed by atoms with E-state index in [1.165, 1.54) is 0 Å². The summed E-state index contributed by atoms with van der Waals surface area (Å²) in [6.45, 7) is 10.2. The summed E-state index contributed by atoms with van der Waals surface area (Å²) < 4.78 is 7.50. The Bertz CT molecular complexity index is 366. The molecular formula is C11H20ClN3O. The number of hydrogen-bond acceptors (Lipinski definition) is 3. The first-order valence-corrected chi connectivity index (χ1v) is 5.84. The lowest BCUT2D eigenvalue weighted by molar-refractivity contribution is 0.00513. The first-order chi connectivity index (χ1) is 7.24. The van der Waals surface area contributed by atoms with Gasteiger partial charge < -0.3 is 9.30 Å². The van der Waals surface area contributed by atoms with Crippen LogP contribution < -0.4 is 0 Å². The van der Waals surface area contributed by atoms with Crippen molar-refractivity contribution in [3.05, 3.63) is 11.6 Å². The molecule has 0 bridgehead atoms. The molecule has 0 aliphatic heterocycles. The number of hydrogen-bond donors (Lipinski definition) is 0. The van der Waals surface area contributed by atoms with Gasteiger partial charge >= 0.3 is 0 Å². The lowest BCUT2D eigenvalue weighted by Gasteiger charge is -2.30. The van der Waals surface area contributed by atoms with E-state index in [9.17, 15) is 0 Å². The molecule has 16 heavy (non-hydrogen) atoms. The van der Waals surface area contributed by atoms with Crippen molar-refractivity contribution in [3.63, 3.8) is 0 Å². The van der Waals surface area contributed by atoms with Gasteiger partial charge in [0.25, 0.3) is 0 Å². The third-order valence-corrected chi connectivity index (χ3v) is 2.81. The van der Waals surface area contributed by atoms with E-state index >= 15 is 0 Å². The summed E-state index contributed by atoms with van der Waals surface area (Å²) in [6, 6.07) is 0. The number of aromatic nitrogens is 3. The molecular weight excluding hydrogens is 226 g/mol. The summed E-state index contributed by atoms with van der Waals surface area (Å²) in [4.78, 5) is 0. The number of halogens is 1. The zero-order valence-corrected chi connectivity index (χ0v) is 11.6. The molecule has 0 radical (unpaired) electrons. The Morgan fingerprint density at radius 2 is 1.75 bits per heavy atom. The maximum absolute atomic E-state index is 5.88. The molecule has 0 aliphatic carbocycles. The largest absolute Gasteiger partial charge is 0.371 e. The van der Waals surface area contributed by atoms with Crippen molar-refractivity contribution in [2.24, 2.45) is 0 Å². The van der Waals surface area contributed by atoms with Gasteiger partial charge in [0.1, 0.15) is 11.4 Å². The average molecular weight is 246 g/mol. The Balaban J connectivity index is 3.37. The molecule has 0 aromatic carbocycles. The predicted molar refractivity (Wildman–Crippen MR) is 64.6 cm³/mol. The van der Waals surface area contributed by atoms with Crippen LogP contribution in [0.4, 0.5) is 0 Å². The number of alkyl halides is 1. The van der Waals surface area contributed by atoms with Crippen molar-refractivity contribution < 1.29 is 4.74 Å². The van der Waals surface area contributed by atoms with E-state index in [1.807, 2.05) is 18.4 Å². The quantitative estimate of drug-likeness (QED) is 0.769. The lowest BCUT2D eigenvalue weighted by Crippen LogP contribution is -2.33. The van der Waals surface area contributed by atoms with Crippen LogP contribution in [0.3, 0.4) is 0 Å². The topological polar surface area (TPSA) is 39.9 Å². The van der Waals surface area contributed by atoms with Gasteiger partial charge in [0.05, 0.1) is 5.88 Å². The fourth-order valence-electron chi connectivity index (χ4n) is 1.59. The summed E-state index contributed by atoms with van der Waals surface area (Å²) in [5.41, 5.74) is -0.580. The standard InChI is InChI=1S/C11H20ClN3O/c1-10(2,3)15-8(7-12)13-14-9(15)11(4,5)16-6/h7H2,1-6H3. The first-order valence-electron chi connectivity index (χ1n) is 5.30. The van der Waals surface area contributed by atoms with Crippen LogP contribution in [-0.4, -0.2) is 21.9 Å². The van der Waals surface area contributed by atoms with Crippen LogP contribution in [0.15, 0.2) is 0 Å². The smallest absolute Gasteiger partial charge is 0.165 e. The highest BCUT2D eigenvalue weighted by molar-refractivity contribution is 6.16. The van der Waals surface area contributed by atoms with E-state index in [2.05, 4.69) is 31.0 Å². The Morgan fingerprint density at radius 3 is 2.12 bits per heavy atom. The Labute approximate surface area is 102 Å². The monoisotopic (exact) mass is 245 g/mol. The van der Waals surface area contributed by atoms with E-state index in [4.69, 9.17) is 16.3 Å². The van der Waals surface area contributed by atoms with Gasteiger partial charge in [-0.25, -0.2) is 0 Å². The molecule has 4 nitrogen and oxygen atoms in total. The van der Waals surface area contributed by atoms with Crippen LogP contribution in [0.5, 0.6) is 0 Å². The highest BCUT2D eigenvalue weighted by Crippen LogP contribution is 2.28. The molecule has 0 saturated heterocycles. The molecule has 1 heterocycles. The fraction of sp³-hybridized carbons (Fsp3) is 0.818. The van der Waals surface area contributed by atoms with Crippen molar-refractivity contribution in [1.82, 2.24) is 14.8 Å². The van der Waals surface area contributed by atoms with Crippen LogP contribution in [0.2, 0.25) is 0 Å². The van der Waals surface area contributed by atoms with Gasteiger partial charge in [0.15, 0.2) is 5.82 Å². The number of rotatable bonds is 3. The maximum atomic E-state index is 5.88. The van der Waals surface area contributed by atoms with Crippen molar-refractivity contribution >= 4 is 11.6 Å². The zero-order valence-electron chi connectivity index (χ0n) is 10.8. The van der Waals surface area contributed by atoms with Gasteiger partial charge in [-0.15, -0.1) is 21.8 Å². The van der Waals surface area contributed by atoms with Crippen LogP contribution in [0, 0.1) is 0 Å². The summed E-state index contributed by atoms with van der Waals surface area (Å²) in [7, 11) is 1.67. The predicted octanol–water partition coefficient (Wildman–Crippen LogP) is 2.65. The van der Waals surface area contributed by atoms with E-state index < -0.39 is 5.60 Å². The Hall–Kier alpha value is -0.610. The minimum absolute atomic E-state index is 0.112.